The molecule has 2 aliphatic rings. The molecule has 8 heteroatoms. The first kappa shape index (κ1) is 20.6. The molecular formula is C20H27IN6O. The molecule has 2 fully saturated rings. The zero-order valence-electron chi connectivity index (χ0n) is 16.1. The van der Waals surface area contributed by atoms with E-state index in [0.717, 1.165) is 44.1 Å². The number of imidazole rings is 1. The number of hydrogen-bond acceptors (Lipinski definition) is 3. The van der Waals surface area contributed by atoms with Crippen molar-refractivity contribution in [2.75, 3.05) is 26.7 Å². The van der Waals surface area contributed by atoms with Crippen LogP contribution in [-0.4, -0.2) is 53.0 Å². The number of halogens is 1. The second-order valence-electron chi connectivity index (χ2n) is 7.48. The maximum absolute atomic E-state index is 11.7. The summed E-state index contributed by atoms with van der Waals surface area (Å²) in [4.78, 5) is 22.7. The lowest BCUT2D eigenvalue weighted by Gasteiger charge is -2.40. The summed E-state index contributed by atoms with van der Waals surface area (Å²) in [6, 6.07) is 8.29. The number of aromatic nitrogens is 2. The molecule has 7 nitrogen and oxygen atoms in total. The van der Waals surface area contributed by atoms with Crippen LogP contribution in [0.1, 0.15) is 24.8 Å². The fourth-order valence-corrected chi connectivity index (χ4v) is 4.25. The second-order valence-corrected chi connectivity index (χ2v) is 7.48. The molecule has 1 spiro atoms. The minimum atomic E-state index is 0. The summed E-state index contributed by atoms with van der Waals surface area (Å²) in [7, 11) is 1.82. The summed E-state index contributed by atoms with van der Waals surface area (Å²) in [5, 5.41) is 6.52. The molecule has 2 saturated heterocycles. The van der Waals surface area contributed by atoms with Crippen LogP contribution in [0.2, 0.25) is 0 Å². The van der Waals surface area contributed by atoms with E-state index in [9.17, 15) is 4.79 Å². The maximum Gasteiger partial charge on any atom is 0.220 e. The Balaban J connectivity index is 0.00000225. The predicted molar refractivity (Wildman–Crippen MR) is 120 cm³/mol. The van der Waals surface area contributed by atoms with Gasteiger partial charge in [-0.1, -0.05) is 18.2 Å². The Morgan fingerprint density at radius 2 is 2.25 bits per heavy atom. The molecule has 3 heterocycles. The number of rotatable bonds is 3. The minimum absolute atomic E-state index is 0. The van der Waals surface area contributed by atoms with E-state index in [0.29, 0.717) is 13.0 Å². The number of carbonyl (C=O) groups is 1. The molecular weight excluding hydrogens is 467 g/mol. The third-order valence-corrected chi connectivity index (χ3v) is 5.58. The Bertz CT molecular complexity index is 837. The third-order valence-electron chi connectivity index (χ3n) is 5.58. The molecule has 28 heavy (non-hydrogen) atoms. The number of para-hydroxylation sites is 1. The number of carbonyl (C=O) groups excluding carboxylic acids is 1. The van der Waals surface area contributed by atoms with Crippen LogP contribution in [0, 0.1) is 5.41 Å². The third kappa shape index (κ3) is 4.31. The highest BCUT2D eigenvalue weighted by Crippen LogP contribution is 2.36. The molecule has 1 atom stereocenters. The first-order valence-corrected chi connectivity index (χ1v) is 9.48. The van der Waals surface area contributed by atoms with E-state index >= 15 is 0 Å². The highest BCUT2D eigenvalue weighted by Gasteiger charge is 2.42. The van der Waals surface area contributed by atoms with Crippen LogP contribution in [0.3, 0.4) is 0 Å². The summed E-state index contributed by atoms with van der Waals surface area (Å²) in [5.74, 6) is 1.07. The summed E-state index contributed by atoms with van der Waals surface area (Å²) in [5.41, 5.74) is 2.35. The second kappa shape index (κ2) is 8.93. The number of piperidine rings is 1. The van der Waals surface area contributed by atoms with Gasteiger partial charge >= 0.3 is 0 Å². The van der Waals surface area contributed by atoms with Gasteiger partial charge in [-0.25, -0.2) is 4.98 Å². The Morgan fingerprint density at radius 1 is 1.39 bits per heavy atom. The number of nitrogens with zero attached hydrogens (tertiary/aromatic N) is 4. The van der Waals surface area contributed by atoms with Crippen molar-refractivity contribution >= 4 is 35.8 Å². The predicted octanol–water partition coefficient (Wildman–Crippen LogP) is 2.17. The van der Waals surface area contributed by atoms with E-state index in [1.54, 1.807) is 6.20 Å². The first-order chi connectivity index (χ1) is 13.2. The molecule has 1 amide bonds. The standard InChI is InChI=1S/C20H26N6O.HI/c1-21-19(25-9-4-7-20(14-25)11-18(27)24-13-20)23-12-16-5-2-3-6-17(16)26-10-8-22-15-26;/h2-3,5-6,8,10,15H,4,7,9,11-14H2,1H3,(H,21,23)(H,24,27);1H. The number of benzene rings is 1. The van der Waals surface area contributed by atoms with Gasteiger partial charge in [-0.05, 0) is 24.5 Å². The average Bonchev–Trinajstić information content (AvgIpc) is 3.33. The molecule has 2 aromatic rings. The van der Waals surface area contributed by atoms with Gasteiger partial charge in [0.15, 0.2) is 5.96 Å². The van der Waals surface area contributed by atoms with Gasteiger partial charge in [0.25, 0.3) is 0 Å². The zero-order valence-corrected chi connectivity index (χ0v) is 18.4. The van der Waals surface area contributed by atoms with Crippen LogP contribution in [0.5, 0.6) is 0 Å². The zero-order chi connectivity index (χ0) is 18.7. The average molecular weight is 494 g/mol. The molecule has 150 valence electrons. The Morgan fingerprint density at radius 3 is 2.96 bits per heavy atom. The van der Waals surface area contributed by atoms with E-state index in [2.05, 4.69) is 37.6 Å². The molecule has 2 aliphatic heterocycles. The molecule has 0 radical (unpaired) electrons. The van der Waals surface area contributed by atoms with Gasteiger partial charge in [-0.15, -0.1) is 24.0 Å². The topological polar surface area (TPSA) is 74.6 Å². The van der Waals surface area contributed by atoms with Crippen molar-refractivity contribution in [2.45, 2.75) is 25.8 Å². The monoisotopic (exact) mass is 494 g/mol. The van der Waals surface area contributed by atoms with E-state index < -0.39 is 0 Å². The van der Waals surface area contributed by atoms with Crippen molar-refractivity contribution < 1.29 is 4.79 Å². The van der Waals surface area contributed by atoms with E-state index in [4.69, 9.17) is 0 Å². The highest BCUT2D eigenvalue weighted by molar-refractivity contribution is 14.0. The summed E-state index contributed by atoms with van der Waals surface area (Å²) >= 11 is 0. The molecule has 1 aromatic carbocycles. The highest BCUT2D eigenvalue weighted by atomic mass is 127. The van der Waals surface area contributed by atoms with Gasteiger partial charge in [0.05, 0.1) is 12.0 Å². The lowest BCUT2D eigenvalue weighted by molar-refractivity contribution is -0.119. The summed E-state index contributed by atoms with van der Waals surface area (Å²) < 4.78 is 2.02. The number of hydrogen-bond donors (Lipinski definition) is 2. The van der Waals surface area contributed by atoms with Gasteiger partial charge in [0, 0.05) is 57.5 Å². The van der Waals surface area contributed by atoms with Crippen LogP contribution in [0.15, 0.2) is 48.0 Å². The summed E-state index contributed by atoms with van der Waals surface area (Å²) in [6.07, 6.45) is 8.36. The molecule has 4 rings (SSSR count). The van der Waals surface area contributed by atoms with Crippen molar-refractivity contribution in [3.05, 3.63) is 48.5 Å². The molecule has 0 bridgehead atoms. The van der Waals surface area contributed by atoms with Gasteiger partial charge in [-0.3, -0.25) is 9.79 Å². The molecule has 0 saturated carbocycles. The van der Waals surface area contributed by atoms with Gasteiger partial charge in [-0.2, -0.15) is 0 Å². The van der Waals surface area contributed by atoms with Crippen molar-refractivity contribution in [3.63, 3.8) is 0 Å². The van der Waals surface area contributed by atoms with Crippen LogP contribution in [-0.2, 0) is 11.3 Å². The number of aliphatic imine (C=N–C) groups is 1. The lowest BCUT2D eigenvalue weighted by Crippen LogP contribution is -2.51. The maximum atomic E-state index is 11.7. The quantitative estimate of drug-likeness (QED) is 0.390. The smallest absolute Gasteiger partial charge is 0.220 e. The number of likely N-dealkylation sites (tertiary alicyclic amines) is 1. The van der Waals surface area contributed by atoms with E-state index in [-0.39, 0.29) is 35.3 Å². The first-order valence-electron chi connectivity index (χ1n) is 9.48. The van der Waals surface area contributed by atoms with Crippen LogP contribution < -0.4 is 10.6 Å². The molecule has 1 unspecified atom stereocenters. The fourth-order valence-electron chi connectivity index (χ4n) is 4.25. The van der Waals surface area contributed by atoms with Crippen molar-refractivity contribution in [2.24, 2.45) is 10.4 Å². The molecule has 2 N–H and O–H groups in total. The number of nitrogens with one attached hydrogen (secondary N) is 2. The van der Waals surface area contributed by atoms with E-state index in [1.807, 2.05) is 36.3 Å². The van der Waals surface area contributed by atoms with Crippen molar-refractivity contribution in [1.82, 2.24) is 25.1 Å². The SMILES string of the molecule is CN=C(NCc1ccccc1-n1ccnc1)N1CCCC2(CNC(=O)C2)C1.I. The van der Waals surface area contributed by atoms with Crippen LogP contribution >= 0.6 is 24.0 Å². The Kier molecular flexibility index (Phi) is 6.58. The lowest BCUT2D eigenvalue weighted by atomic mass is 9.79. The number of guanidine groups is 1. The molecule has 1 aromatic heterocycles. The Hall–Kier alpha value is -2.10. The molecule has 0 aliphatic carbocycles. The van der Waals surface area contributed by atoms with Crippen LogP contribution in [0.25, 0.3) is 5.69 Å². The fraction of sp³-hybridized carbons (Fsp3) is 0.450. The Labute approximate surface area is 182 Å². The van der Waals surface area contributed by atoms with Crippen LogP contribution in [0.4, 0.5) is 0 Å². The normalized spacial score (nSPS) is 22.1. The van der Waals surface area contributed by atoms with Gasteiger partial charge in [0.2, 0.25) is 5.91 Å². The van der Waals surface area contributed by atoms with Gasteiger partial charge in [0.1, 0.15) is 0 Å². The minimum Gasteiger partial charge on any atom is -0.355 e. The van der Waals surface area contributed by atoms with E-state index in [1.165, 1.54) is 5.56 Å². The summed E-state index contributed by atoms with van der Waals surface area (Å²) in [6.45, 7) is 3.30. The van der Waals surface area contributed by atoms with Crippen molar-refractivity contribution in [3.8, 4) is 5.69 Å². The number of amides is 1. The largest absolute Gasteiger partial charge is 0.355 e. The van der Waals surface area contributed by atoms with Crippen molar-refractivity contribution in [1.29, 1.82) is 0 Å². The van der Waals surface area contributed by atoms with Gasteiger partial charge < -0.3 is 20.1 Å².